The molecule has 1 aromatic heterocycles. The molecule has 1 amide bonds. The Morgan fingerprint density at radius 1 is 1.04 bits per heavy atom. The van der Waals surface area contributed by atoms with Gasteiger partial charge in [-0.1, -0.05) is 23.8 Å². The molecular formula is C19H23N3O. The van der Waals surface area contributed by atoms with E-state index >= 15 is 0 Å². The van der Waals surface area contributed by atoms with Gasteiger partial charge in [-0.3, -0.25) is 4.79 Å². The Bertz CT molecular complexity index is 656. The molecule has 0 bridgehead atoms. The van der Waals surface area contributed by atoms with Gasteiger partial charge >= 0.3 is 0 Å². The number of nitrogens with one attached hydrogen (secondary N) is 1. The lowest BCUT2D eigenvalue weighted by atomic mass is 9.95. The van der Waals surface area contributed by atoms with Gasteiger partial charge in [-0.15, -0.1) is 0 Å². The van der Waals surface area contributed by atoms with Gasteiger partial charge in [0.05, 0.1) is 0 Å². The molecule has 1 aliphatic heterocycles. The molecule has 1 fully saturated rings. The summed E-state index contributed by atoms with van der Waals surface area (Å²) in [5.41, 5.74) is 3.61. The third kappa shape index (κ3) is 3.89. The molecule has 0 radical (unpaired) electrons. The quantitative estimate of drug-likeness (QED) is 0.943. The van der Waals surface area contributed by atoms with Crippen LogP contribution in [-0.2, 0) is 4.79 Å². The molecule has 1 saturated heterocycles. The summed E-state index contributed by atoms with van der Waals surface area (Å²) in [5.74, 6) is 0.797. The molecule has 0 unspecified atom stereocenters. The third-order valence-corrected chi connectivity index (χ3v) is 4.43. The summed E-state index contributed by atoms with van der Waals surface area (Å²) in [6.07, 6.45) is 3.53. The second-order valence-electron chi connectivity index (χ2n) is 6.31. The Hall–Kier alpha value is -2.36. The highest BCUT2D eigenvalue weighted by molar-refractivity contribution is 5.91. The fourth-order valence-electron chi connectivity index (χ4n) is 2.93. The van der Waals surface area contributed by atoms with E-state index in [-0.39, 0.29) is 11.8 Å². The number of carbonyl (C=O) groups is 1. The molecule has 4 nitrogen and oxygen atoms in total. The number of hydrogen-bond donors (Lipinski definition) is 1. The zero-order chi connectivity index (χ0) is 16.2. The first kappa shape index (κ1) is 15.5. The van der Waals surface area contributed by atoms with Crippen molar-refractivity contribution in [2.75, 3.05) is 23.3 Å². The first-order valence-corrected chi connectivity index (χ1v) is 8.17. The molecule has 2 aromatic rings. The van der Waals surface area contributed by atoms with E-state index in [0.717, 1.165) is 31.5 Å². The predicted molar refractivity (Wildman–Crippen MR) is 93.7 cm³/mol. The van der Waals surface area contributed by atoms with Crippen LogP contribution in [0, 0.1) is 19.8 Å². The summed E-state index contributed by atoms with van der Waals surface area (Å²) in [5, 5.41) is 2.93. The number of hydrogen-bond acceptors (Lipinski definition) is 3. The molecule has 0 atom stereocenters. The van der Waals surface area contributed by atoms with Gasteiger partial charge < -0.3 is 10.2 Å². The largest absolute Gasteiger partial charge is 0.371 e. The fraction of sp³-hybridized carbons (Fsp3) is 0.368. The van der Waals surface area contributed by atoms with E-state index in [1.165, 1.54) is 11.3 Å². The van der Waals surface area contributed by atoms with Crippen molar-refractivity contribution in [3.8, 4) is 0 Å². The molecular weight excluding hydrogens is 286 g/mol. The number of aromatic nitrogens is 1. The Morgan fingerprint density at radius 2 is 1.70 bits per heavy atom. The molecule has 4 heteroatoms. The molecule has 2 heterocycles. The second kappa shape index (κ2) is 6.82. The summed E-state index contributed by atoms with van der Waals surface area (Å²) < 4.78 is 0. The summed E-state index contributed by atoms with van der Waals surface area (Å²) in [7, 11) is 0. The summed E-state index contributed by atoms with van der Waals surface area (Å²) in [6.45, 7) is 5.92. The number of anilines is 2. The Labute approximate surface area is 137 Å². The molecule has 1 aromatic carbocycles. The van der Waals surface area contributed by atoms with E-state index in [1.54, 1.807) is 6.20 Å². The van der Waals surface area contributed by atoms with E-state index in [2.05, 4.69) is 46.4 Å². The number of benzene rings is 1. The maximum Gasteiger partial charge on any atom is 0.228 e. The molecule has 1 aliphatic rings. The van der Waals surface area contributed by atoms with Crippen molar-refractivity contribution in [2.45, 2.75) is 26.7 Å². The van der Waals surface area contributed by atoms with E-state index in [1.807, 2.05) is 19.1 Å². The number of pyridine rings is 1. The average Bonchev–Trinajstić information content (AvgIpc) is 2.58. The lowest BCUT2D eigenvalue weighted by molar-refractivity contribution is -0.120. The summed E-state index contributed by atoms with van der Waals surface area (Å²) in [6, 6.07) is 12.4. The Balaban J connectivity index is 1.54. The zero-order valence-corrected chi connectivity index (χ0v) is 13.7. The standard InChI is InChI=1S/C19H23N3O/c1-14-3-6-17(7-4-14)22-11-9-16(10-12-22)19(23)21-18-8-5-15(2)13-20-18/h3-8,13,16H,9-12H2,1-2H3,(H,20,21,23). The Kier molecular flexibility index (Phi) is 4.60. The van der Waals surface area contributed by atoms with Crippen molar-refractivity contribution in [1.29, 1.82) is 0 Å². The highest BCUT2D eigenvalue weighted by atomic mass is 16.1. The Morgan fingerprint density at radius 3 is 2.30 bits per heavy atom. The molecule has 1 N–H and O–H groups in total. The van der Waals surface area contributed by atoms with Crippen molar-refractivity contribution in [1.82, 2.24) is 4.98 Å². The predicted octanol–water partition coefficient (Wildman–Crippen LogP) is 3.55. The molecule has 0 spiro atoms. The van der Waals surface area contributed by atoms with Crippen molar-refractivity contribution >= 4 is 17.4 Å². The highest BCUT2D eigenvalue weighted by Crippen LogP contribution is 2.24. The maximum atomic E-state index is 12.4. The zero-order valence-electron chi connectivity index (χ0n) is 13.7. The molecule has 23 heavy (non-hydrogen) atoms. The summed E-state index contributed by atoms with van der Waals surface area (Å²) >= 11 is 0. The van der Waals surface area contributed by atoms with Crippen LogP contribution in [-0.4, -0.2) is 24.0 Å². The van der Waals surface area contributed by atoms with Gasteiger partial charge in [-0.25, -0.2) is 4.98 Å². The van der Waals surface area contributed by atoms with Gasteiger partial charge in [-0.05, 0) is 50.5 Å². The van der Waals surface area contributed by atoms with Gasteiger partial charge in [0.2, 0.25) is 5.91 Å². The van der Waals surface area contributed by atoms with Gasteiger partial charge in [0.25, 0.3) is 0 Å². The van der Waals surface area contributed by atoms with Gasteiger partial charge in [0.15, 0.2) is 0 Å². The van der Waals surface area contributed by atoms with E-state index in [0.29, 0.717) is 5.82 Å². The molecule has 3 rings (SSSR count). The van der Waals surface area contributed by atoms with Crippen LogP contribution in [0.5, 0.6) is 0 Å². The maximum absolute atomic E-state index is 12.4. The average molecular weight is 309 g/mol. The second-order valence-corrected chi connectivity index (χ2v) is 6.31. The van der Waals surface area contributed by atoms with Crippen LogP contribution in [0.4, 0.5) is 11.5 Å². The number of aryl methyl sites for hydroxylation is 2. The number of rotatable bonds is 3. The summed E-state index contributed by atoms with van der Waals surface area (Å²) in [4.78, 5) is 19.0. The van der Waals surface area contributed by atoms with E-state index in [9.17, 15) is 4.79 Å². The third-order valence-electron chi connectivity index (χ3n) is 4.43. The number of amides is 1. The first-order chi connectivity index (χ1) is 11.1. The van der Waals surface area contributed by atoms with E-state index in [4.69, 9.17) is 0 Å². The van der Waals surface area contributed by atoms with Crippen LogP contribution in [0.25, 0.3) is 0 Å². The highest BCUT2D eigenvalue weighted by Gasteiger charge is 2.25. The van der Waals surface area contributed by atoms with E-state index < -0.39 is 0 Å². The topological polar surface area (TPSA) is 45.2 Å². The first-order valence-electron chi connectivity index (χ1n) is 8.17. The van der Waals surface area contributed by atoms with Crippen LogP contribution < -0.4 is 10.2 Å². The van der Waals surface area contributed by atoms with Crippen LogP contribution in [0.15, 0.2) is 42.6 Å². The van der Waals surface area contributed by atoms with Crippen molar-refractivity contribution in [2.24, 2.45) is 5.92 Å². The van der Waals surface area contributed by atoms with Crippen LogP contribution in [0.3, 0.4) is 0 Å². The number of piperidine rings is 1. The normalized spacial score (nSPS) is 15.5. The minimum absolute atomic E-state index is 0.0693. The van der Waals surface area contributed by atoms with Crippen LogP contribution in [0.1, 0.15) is 24.0 Å². The molecule has 0 aliphatic carbocycles. The van der Waals surface area contributed by atoms with Crippen LogP contribution >= 0.6 is 0 Å². The van der Waals surface area contributed by atoms with Gasteiger partial charge in [0.1, 0.15) is 5.82 Å². The minimum Gasteiger partial charge on any atom is -0.371 e. The fourth-order valence-corrected chi connectivity index (χ4v) is 2.93. The lowest BCUT2D eigenvalue weighted by Crippen LogP contribution is -2.38. The SMILES string of the molecule is Cc1ccc(N2CCC(C(=O)Nc3ccc(C)cn3)CC2)cc1. The number of nitrogens with zero attached hydrogens (tertiary/aromatic N) is 2. The van der Waals surface area contributed by atoms with Gasteiger partial charge in [-0.2, -0.15) is 0 Å². The monoisotopic (exact) mass is 309 g/mol. The molecule has 120 valence electrons. The molecule has 0 saturated carbocycles. The van der Waals surface area contributed by atoms with Crippen LogP contribution in [0.2, 0.25) is 0 Å². The lowest BCUT2D eigenvalue weighted by Gasteiger charge is -2.33. The smallest absolute Gasteiger partial charge is 0.228 e. The van der Waals surface area contributed by atoms with Crippen molar-refractivity contribution in [3.05, 3.63) is 53.7 Å². The van der Waals surface area contributed by atoms with Crippen molar-refractivity contribution in [3.63, 3.8) is 0 Å². The van der Waals surface area contributed by atoms with Crippen molar-refractivity contribution < 1.29 is 4.79 Å². The minimum atomic E-state index is 0.0693. The van der Waals surface area contributed by atoms with Gasteiger partial charge in [0, 0.05) is 30.9 Å². The number of carbonyl (C=O) groups excluding carboxylic acids is 1.